The lowest BCUT2D eigenvalue weighted by Crippen LogP contribution is -1.97. The largest absolute Gasteiger partial charge is 0.461 e. The molecule has 0 spiro atoms. The minimum absolute atomic E-state index is 0.432. The lowest BCUT2D eigenvalue weighted by atomic mass is 10.1. The molecule has 0 fully saturated rings. The van der Waals surface area contributed by atoms with Gasteiger partial charge >= 0.3 is 0 Å². The Morgan fingerprint density at radius 3 is 2.79 bits per heavy atom. The summed E-state index contributed by atoms with van der Waals surface area (Å²) >= 11 is 11.4. The van der Waals surface area contributed by atoms with E-state index in [4.69, 9.17) is 27.9 Å². The quantitative estimate of drug-likeness (QED) is 0.707. The molecule has 78 valence electrons. The molecular formula is C10H11Cl2FO. The number of aryl methyl sites for hydroxylation is 1. The van der Waals surface area contributed by atoms with Gasteiger partial charge in [-0.2, -0.15) is 0 Å². The fourth-order valence-electron chi connectivity index (χ4n) is 1.22. The summed E-state index contributed by atoms with van der Waals surface area (Å²) in [5.41, 5.74) is 0.899. The van der Waals surface area contributed by atoms with Crippen LogP contribution in [0.25, 0.3) is 0 Å². The van der Waals surface area contributed by atoms with Crippen LogP contribution in [0.1, 0.15) is 12.0 Å². The predicted molar refractivity (Wildman–Crippen MR) is 57.1 cm³/mol. The Bertz CT molecular complexity index is 291. The molecule has 0 unspecified atom stereocenters. The average molecular weight is 237 g/mol. The van der Waals surface area contributed by atoms with Gasteiger partial charge in [0.25, 0.3) is 0 Å². The third-order valence-corrected chi connectivity index (χ3v) is 2.39. The van der Waals surface area contributed by atoms with Crippen molar-refractivity contribution >= 4 is 23.2 Å². The van der Waals surface area contributed by atoms with Gasteiger partial charge in [0.2, 0.25) is 6.86 Å². The van der Waals surface area contributed by atoms with Crippen molar-refractivity contribution in [2.24, 2.45) is 0 Å². The van der Waals surface area contributed by atoms with Crippen molar-refractivity contribution in [3.05, 3.63) is 28.8 Å². The van der Waals surface area contributed by atoms with Crippen LogP contribution in [-0.4, -0.2) is 12.7 Å². The number of rotatable bonds is 5. The lowest BCUT2D eigenvalue weighted by molar-refractivity contribution is 0.190. The second kappa shape index (κ2) is 6.10. The molecule has 0 radical (unpaired) electrons. The van der Waals surface area contributed by atoms with Crippen molar-refractivity contribution in [1.82, 2.24) is 0 Å². The molecule has 0 N–H and O–H groups in total. The first-order valence-corrected chi connectivity index (χ1v) is 5.23. The number of hydrogen-bond acceptors (Lipinski definition) is 1. The Morgan fingerprint density at radius 2 is 2.14 bits per heavy atom. The first-order valence-electron chi connectivity index (χ1n) is 4.31. The second-order valence-corrected chi connectivity index (χ2v) is 3.56. The third kappa shape index (κ3) is 3.03. The number of halogens is 3. The average Bonchev–Trinajstić information content (AvgIpc) is 2.19. The highest BCUT2D eigenvalue weighted by atomic mass is 35.5. The van der Waals surface area contributed by atoms with Crippen molar-refractivity contribution in [3.8, 4) is 5.75 Å². The summed E-state index contributed by atoms with van der Waals surface area (Å²) in [4.78, 5) is 0. The van der Waals surface area contributed by atoms with Crippen molar-refractivity contribution in [3.63, 3.8) is 0 Å². The maximum absolute atomic E-state index is 12.1. The monoisotopic (exact) mass is 236 g/mol. The second-order valence-electron chi connectivity index (χ2n) is 2.77. The zero-order chi connectivity index (χ0) is 10.4. The molecule has 0 saturated carbocycles. The van der Waals surface area contributed by atoms with Crippen LogP contribution in [0.15, 0.2) is 18.2 Å². The first-order chi connectivity index (χ1) is 6.79. The van der Waals surface area contributed by atoms with Gasteiger partial charge in [-0.3, -0.25) is 0 Å². The van der Waals surface area contributed by atoms with Gasteiger partial charge < -0.3 is 4.74 Å². The fraction of sp³-hybridized carbons (Fsp3) is 0.400. The number of alkyl halides is 2. The van der Waals surface area contributed by atoms with Gasteiger partial charge in [0.15, 0.2) is 0 Å². The third-order valence-electron chi connectivity index (χ3n) is 1.83. The first kappa shape index (κ1) is 11.6. The van der Waals surface area contributed by atoms with E-state index in [0.29, 0.717) is 16.7 Å². The zero-order valence-corrected chi connectivity index (χ0v) is 9.11. The molecule has 1 nitrogen and oxygen atoms in total. The molecule has 0 aliphatic heterocycles. The van der Waals surface area contributed by atoms with Gasteiger partial charge in [-0.05, 0) is 24.5 Å². The molecule has 0 aliphatic rings. The normalized spacial score (nSPS) is 10.2. The Hall–Kier alpha value is -0.470. The Balaban J connectivity index is 2.83. The Labute approximate surface area is 92.8 Å². The SMILES string of the molecule is FCOc1c(Cl)cccc1CCCCl. The van der Waals surface area contributed by atoms with Gasteiger partial charge in [-0.1, -0.05) is 23.7 Å². The van der Waals surface area contributed by atoms with E-state index < -0.39 is 6.86 Å². The fourth-order valence-corrected chi connectivity index (χ4v) is 1.61. The maximum Gasteiger partial charge on any atom is 0.228 e. The highest BCUT2D eigenvalue weighted by Gasteiger charge is 2.07. The van der Waals surface area contributed by atoms with Crippen LogP contribution in [0.5, 0.6) is 5.75 Å². The summed E-state index contributed by atoms with van der Waals surface area (Å²) in [5.74, 6) is 1.00. The van der Waals surface area contributed by atoms with E-state index in [-0.39, 0.29) is 0 Å². The summed E-state index contributed by atoms with van der Waals surface area (Å²) in [6.45, 7) is -0.863. The van der Waals surface area contributed by atoms with Crippen molar-refractivity contribution in [2.75, 3.05) is 12.7 Å². The molecule has 1 aromatic carbocycles. The lowest BCUT2D eigenvalue weighted by Gasteiger charge is -2.09. The molecule has 1 rings (SSSR count). The molecule has 0 aromatic heterocycles. The smallest absolute Gasteiger partial charge is 0.228 e. The van der Waals surface area contributed by atoms with Crippen molar-refractivity contribution in [2.45, 2.75) is 12.8 Å². The zero-order valence-electron chi connectivity index (χ0n) is 7.60. The van der Waals surface area contributed by atoms with E-state index in [1.165, 1.54) is 0 Å². The summed E-state index contributed by atoms with van der Waals surface area (Å²) in [6.07, 6.45) is 1.57. The summed E-state index contributed by atoms with van der Waals surface area (Å²) < 4.78 is 16.9. The van der Waals surface area contributed by atoms with Crippen molar-refractivity contribution < 1.29 is 9.13 Å². The van der Waals surface area contributed by atoms with E-state index in [1.807, 2.05) is 12.1 Å². The summed E-state index contributed by atoms with van der Waals surface area (Å²) in [6, 6.07) is 5.36. The number of hydrogen-bond donors (Lipinski definition) is 0. The summed E-state index contributed by atoms with van der Waals surface area (Å²) in [7, 11) is 0. The van der Waals surface area contributed by atoms with Crippen LogP contribution in [0, 0.1) is 0 Å². The molecule has 0 saturated heterocycles. The molecule has 0 bridgehead atoms. The van der Waals surface area contributed by atoms with E-state index in [9.17, 15) is 4.39 Å². The van der Waals surface area contributed by atoms with E-state index >= 15 is 0 Å². The van der Waals surface area contributed by atoms with E-state index in [2.05, 4.69) is 0 Å². The molecule has 0 amide bonds. The van der Waals surface area contributed by atoms with Crippen LogP contribution in [-0.2, 0) is 6.42 Å². The number of para-hydroxylation sites is 1. The molecule has 1 aromatic rings. The van der Waals surface area contributed by atoms with Crippen LogP contribution < -0.4 is 4.74 Å². The van der Waals surface area contributed by atoms with Crippen LogP contribution in [0.2, 0.25) is 5.02 Å². The van der Waals surface area contributed by atoms with Gasteiger partial charge in [0.05, 0.1) is 5.02 Å². The Kier molecular flexibility index (Phi) is 5.05. The van der Waals surface area contributed by atoms with Gasteiger partial charge in [-0.15, -0.1) is 11.6 Å². The Morgan fingerprint density at radius 1 is 1.36 bits per heavy atom. The number of ether oxygens (including phenoxy) is 1. The van der Waals surface area contributed by atoms with Crippen LogP contribution >= 0.6 is 23.2 Å². The van der Waals surface area contributed by atoms with E-state index in [0.717, 1.165) is 18.4 Å². The predicted octanol–water partition coefficient (Wildman–Crippen LogP) is 3.82. The van der Waals surface area contributed by atoms with Crippen LogP contribution in [0.3, 0.4) is 0 Å². The molecule has 4 heteroatoms. The van der Waals surface area contributed by atoms with Crippen LogP contribution in [0.4, 0.5) is 4.39 Å². The maximum atomic E-state index is 12.1. The van der Waals surface area contributed by atoms with Gasteiger partial charge in [0.1, 0.15) is 5.75 Å². The standard InChI is InChI=1S/C10H11Cl2FO/c11-6-2-4-8-3-1-5-9(12)10(8)14-7-13/h1,3,5H,2,4,6-7H2. The van der Waals surface area contributed by atoms with Crippen molar-refractivity contribution in [1.29, 1.82) is 0 Å². The molecule has 0 aliphatic carbocycles. The highest BCUT2D eigenvalue weighted by Crippen LogP contribution is 2.29. The summed E-state index contributed by atoms with van der Waals surface area (Å²) in [5, 5.41) is 0.440. The molecule has 14 heavy (non-hydrogen) atoms. The minimum Gasteiger partial charge on any atom is -0.461 e. The highest BCUT2D eigenvalue weighted by molar-refractivity contribution is 6.32. The van der Waals surface area contributed by atoms with Gasteiger partial charge in [-0.25, -0.2) is 4.39 Å². The topological polar surface area (TPSA) is 9.23 Å². The minimum atomic E-state index is -0.863. The molecule has 0 atom stereocenters. The molecular weight excluding hydrogens is 226 g/mol. The van der Waals surface area contributed by atoms with Gasteiger partial charge in [0, 0.05) is 5.88 Å². The van der Waals surface area contributed by atoms with E-state index in [1.54, 1.807) is 6.07 Å². The molecule has 0 heterocycles. The number of benzene rings is 1.